The number of imide groups is 2. The highest BCUT2D eigenvalue weighted by Crippen LogP contribution is 2.39. The van der Waals surface area contributed by atoms with Gasteiger partial charge in [-0.1, -0.05) is 36.8 Å². The van der Waals surface area contributed by atoms with Gasteiger partial charge in [-0.05, 0) is 106 Å². The van der Waals surface area contributed by atoms with Crippen molar-refractivity contribution in [2.24, 2.45) is 0 Å². The molecule has 0 saturated carbocycles. The highest BCUT2D eigenvalue weighted by Gasteiger charge is 2.37. The van der Waals surface area contributed by atoms with Gasteiger partial charge in [0.25, 0.3) is 17.7 Å². The maximum absolute atomic E-state index is 13.8. The predicted octanol–water partition coefficient (Wildman–Crippen LogP) is 6.82. The lowest BCUT2D eigenvalue weighted by molar-refractivity contribution is -0.122. The fraction of sp³-hybridized carbons (Fsp3) is 0.257. The quantitative estimate of drug-likeness (QED) is 0.186. The average molecular weight is 607 g/mol. The fourth-order valence-electron chi connectivity index (χ4n) is 5.95. The minimum atomic E-state index is -0.778. The van der Waals surface area contributed by atoms with Crippen molar-refractivity contribution in [2.75, 3.05) is 10.2 Å². The summed E-state index contributed by atoms with van der Waals surface area (Å²) in [4.78, 5) is 55.3. The number of barbiturate groups is 1. The lowest BCUT2D eigenvalue weighted by Crippen LogP contribution is -2.54. The molecule has 2 aromatic carbocycles. The highest BCUT2D eigenvalue weighted by atomic mass is 32.1. The molecule has 0 spiro atoms. The van der Waals surface area contributed by atoms with Crippen LogP contribution in [0.2, 0.25) is 0 Å². The third-order valence-corrected chi connectivity index (χ3v) is 9.64. The number of aryl methyl sites for hydroxylation is 4. The van der Waals surface area contributed by atoms with E-state index < -0.39 is 17.8 Å². The van der Waals surface area contributed by atoms with Crippen molar-refractivity contribution < 1.29 is 19.2 Å². The first-order valence-corrected chi connectivity index (χ1v) is 15.7. The van der Waals surface area contributed by atoms with Crippen molar-refractivity contribution in [3.8, 4) is 5.00 Å². The molecule has 1 aliphatic heterocycles. The molecule has 0 radical (unpaired) electrons. The molecule has 0 bridgehead atoms. The SMILES string of the molecule is CCc1ccc(N2C(=O)NC(=O)/C(=C\c3cc(C)n(-c4sc5c(c4C(=O)Nc4ccc(C)cc4)CCCC5)c3C)C2=O)cc1. The number of nitrogens with one attached hydrogen (secondary N) is 2. The Balaban J connectivity index is 1.39. The molecule has 224 valence electrons. The zero-order valence-corrected chi connectivity index (χ0v) is 26.1. The maximum Gasteiger partial charge on any atom is 0.335 e. The molecule has 6 rings (SSSR count). The Morgan fingerprint density at radius 3 is 2.39 bits per heavy atom. The number of hydrogen-bond acceptors (Lipinski definition) is 5. The summed E-state index contributed by atoms with van der Waals surface area (Å²) < 4.78 is 2.04. The summed E-state index contributed by atoms with van der Waals surface area (Å²) >= 11 is 1.63. The Hall–Kier alpha value is -4.76. The van der Waals surface area contributed by atoms with Crippen molar-refractivity contribution in [1.82, 2.24) is 9.88 Å². The summed E-state index contributed by atoms with van der Waals surface area (Å²) in [6.07, 6.45) is 6.25. The van der Waals surface area contributed by atoms with E-state index in [9.17, 15) is 19.2 Å². The van der Waals surface area contributed by atoms with E-state index in [1.54, 1.807) is 23.5 Å². The molecule has 4 aromatic rings. The van der Waals surface area contributed by atoms with Crippen LogP contribution in [0.25, 0.3) is 11.1 Å². The standard InChI is InChI=1S/C35H34N4O4S/c1-5-23-12-16-26(17-13-23)39-33(42)28(31(40)37-35(39)43)19-24-18-21(3)38(22(24)4)34-30(27-8-6-7-9-29(27)44-34)32(41)36-25-14-10-20(2)11-15-25/h10-19H,5-9H2,1-4H3,(H,36,41)(H,37,40,43)/b28-19+. The first-order valence-electron chi connectivity index (χ1n) is 14.9. The van der Waals surface area contributed by atoms with Crippen molar-refractivity contribution in [1.29, 1.82) is 0 Å². The second-order valence-corrected chi connectivity index (χ2v) is 12.4. The molecule has 8 nitrogen and oxygen atoms in total. The topological polar surface area (TPSA) is 101 Å². The van der Waals surface area contributed by atoms with Crippen molar-refractivity contribution >= 4 is 52.5 Å². The smallest absolute Gasteiger partial charge is 0.322 e. The zero-order chi connectivity index (χ0) is 31.1. The Morgan fingerprint density at radius 1 is 0.977 bits per heavy atom. The van der Waals surface area contributed by atoms with E-state index in [1.807, 2.05) is 74.7 Å². The third-order valence-electron chi connectivity index (χ3n) is 8.37. The van der Waals surface area contributed by atoms with Gasteiger partial charge in [-0.2, -0.15) is 0 Å². The van der Waals surface area contributed by atoms with Crippen LogP contribution < -0.4 is 15.5 Å². The number of rotatable bonds is 6. The number of benzene rings is 2. The number of thiophene rings is 1. The average Bonchev–Trinajstić information content (AvgIpc) is 3.52. The molecule has 44 heavy (non-hydrogen) atoms. The molecule has 2 aliphatic rings. The first-order chi connectivity index (χ1) is 21.2. The molecule has 1 saturated heterocycles. The third kappa shape index (κ3) is 5.28. The van der Waals surface area contributed by atoms with Gasteiger partial charge < -0.3 is 9.88 Å². The minimum absolute atomic E-state index is 0.132. The van der Waals surface area contributed by atoms with E-state index in [0.29, 0.717) is 16.8 Å². The summed E-state index contributed by atoms with van der Waals surface area (Å²) in [5.74, 6) is -1.57. The van der Waals surface area contributed by atoms with Gasteiger partial charge in [0.05, 0.1) is 11.3 Å². The van der Waals surface area contributed by atoms with Gasteiger partial charge in [-0.15, -0.1) is 11.3 Å². The van der Waals surface area contributed by atoms with E-state index in [0.717, 1.165) is 75.8 Å². The molecular weight excluding hydrogens is 572 g/mol. The molecule has 1 aliphatic carbocycles. The monoisotopic (exact) mass is 606 g/mol. The van der Waals surface area contributed by atoms with Gasteiger partial charge in [0.1, 0.15) is 10.6 Å². The van der Waals surface area contributed by atoms with Gasteiger partial charge in [0.15, 0.2) is 0 Å². The van der Waals surface area contributed by atoms with Crippen LogP contribution in [0.3, 0.4) is 0 Å². The van der Waals surface area contributed by atoms with E-state index in [4.69, 9.17) is 0 Å². The predicted molar refractivity (Wildman–Crippen MR) is 174 cm³/mol. The molecule has 0 unspecified atom stereocenters. The van der Waals surface area contributed by atoms with Gasteiger partial charge in [0, 0.05) is 22.0 Å². The second-order valence-electron chi connectivity index (χ2n) is 11.4. The zero-order valence-electron chi connectivity index (χ0n) is 25.2. The molecule has 5 amide bonds. The number of nitrogens with zero attached hydrogens (tertiary/aromatic N) is 2. The Labute approximate surface area is 260 Å². The van der Waals surface area contributed by atoms with Crippen LogP contribution in [0.5, 0.6) is 0 Å². The van der Waals surface area contributed by atoms with Gasteiger partial charge in [-0.25, -0.2) is 9.69 Å². The van der Waals surface area contributed by atoms with Gasteiger partial charge in [-0.3, -0.25) is 19.7 Å². The van der Waals surface area contributed by atoms with E-state index in [-0.39, 0.29) is 11.5 Å². The number of fused-ring (bicyclic) bond motifs is 1. The van der Waals surface area contributed by atoms with Crippen LogP contribution in [0.4, 0.5) is 16.2 Å². The van der Waals surface area contributed by atoms with Crippen LogP contribution in [0, 0.1) is 20.8 Å². The molecule has 1 fully saturated rings. The van der Waals surface area contributed by atoms with E-state index >= 15 is 0 Å². The molecule has 2 N–H and O–H groups in total. The fourth-order valence-corrected chi connectivity index (χ4v) is 7.45. The van der Waals surface area contributed by atoms with Crippen LogP contribution in [-0.4, -0.2) is 28.3 Å². The first kappa shape index (κ1) is 29.3. The van der Waals surface area contributed by atoms with Gasteiger partial charge >= 0.3 is 6.03 Å². The number of anilines is 2. The van der Waals surface area contributed by atoms with E-state index in [1.165, 1.54) is 11.0 Å². The Bertz CT molecular complexity index is 1840. The minimum Gasteiger partial charge on any atom is -0.322 e. The van der Waals surface area contributed by atoms with Crippen molar-refractivity contribution in [3.63, 3.8) is 0 Å². The molecule has 3 heterocycles. The Morgan fingerprint density at radius 2 is 1.68 bits per heavy atom. The molecule has 0 atom stereocenters. The second kappa shape index (κ2) is 11.7. The summed E-state index contributed by atoms with van der Waals surface area (Å²) in [6.45, 7) is 7.89. The van der Waals surface area contributed by atoms with Crippen LogP contribution >= 0.6 is 11.3 Å². The van der Waals surface area contributed by atoms with Crippen molar-refractivity contribution in [2.45, 2.75) is 59.8 Å². The number of hydrogen-bond donors (Lipinski definition) is 2. The largest absolute Gasteiger partial charge is 0.335 e. The Kier molecular flexibility index (Phi) is 7.82. The normalized spacial score (nSPS) is 15.9. The van der Waals surface area contributed by atoms with E-state index in [2.05, 4.69) is 10.6 Å². The summed E-state index contributed by atoms with van der Waals surface area (Å²) in [7, 11) is 0. The summed E-state index contributed by atoms with van der Waals surface area (Å²) in [6, 6.07) is 16.0. The number of amides is 5. The van der Waals surface area contributed by atoms with Crippen LogP contribution in [0.1, 0.15) is 68.6 Å². The number of aromatic nitrogens is 1. The maximum atomic E-state index is 13.8. The van der Waals surface area contributed by atoms with Crippen LogP contribution in [0.15, 0.2) is 60.2 Å². The molecule has 2 aromatic heterocycles. The number of carbonyl (C=O) groups is 4. The number of urea groups is 1. The van der Waals surface area contributed by atoms with Gasteiger partial charge in [0.2, 0.25) is 0 Å². The number of carbonyl (C=O) groups excluding carboxylic acids is 4. The molecular formula is C35H34N4O4S. The summed E-state index contributed by atoms with van der Waals surface area (Å²) in [5.41, 5.74) is 7.26. The molecule has 9 heteroatoms. The highest BCUT2D eigenvalue weighted by molar-refractivity contribution is 7.15. The lowest BCUT2D eigenvalue weighted by Gasteiger charge is -2.26. The lowest BCUT2D eigenvalue weighted by atomic mass is 9.95. The van der Waals surface area contributed by atoms with Crippen LogP contribution in [-0.2, 0) is 28.9 Å². The van der Waals surface area contributed by atoms with Crippen molar-refractivity contribution in [3.05, 3.63) is 104 Å². The summed E-state index contributed by atoms with van der Waals surface area (Å²) in [5, 5.41) is 6.24.